The molecule has 2 aromatic rings. The van der Waals surface area contributed by atoms with Gasteiger partial charge in [0.05, 0.1) is 23.0 Å². The van der Waals surface area contributed by atoms with Crippen LogP contribution in [0.15, 0.2) is 58.4 Å². The molecule has 0 spiro atoms. The van der Waals surface area contributed by atoms with Crippen molar-refractivity contribution in [1.29, 1.82) is 0 Å². The van der Waals surface area contributed by atoms with E-state index in [0.29, 0.717) is 12.8 Å². The molecule has 9 N–H and O–H groups in total. The summed E-state index contributed by atoms with van der Waals surface area (Å²) in [7, 11) is -3.94. The van der Waals surface area contributed by atoms with Crippen molar-refractivity contribution in [2.45, 2.75) is 69.2 Å². The number of carbonyl (C=O) groups is 5. The number of carbonyl (C=O) groups excluding carboxylic acids is 4. The van der Waals surface area contributed by atoms with Gasteiger partial charge in [0.2, 0.25) is 27.7 Å². The summed E-state index contributed by atoms with van der Waals surface area (Å²) >= 11 is 0. The molecule has 1 aliphatic rings. The van der Waals surface area contributed by atoms with Crippen LogP contribution >= 0.6 is 0 Å². The number of guanidine groups is 1. The van der Waals surface area contributed by atoms with E-state index in [1.807, 2.05) is 0 Å². The van der Waals surface area contributed by atoms with Gasteiger partial charge in [-0.15, -0.1) is 0 Å². The summed E-state index contributed by atoms with van der Waals surface area (Å²) in [5.41, 5.74) is 11.5. The topological polar surface area (TPSA) is 255 Å². The molecule has 0 unspecified atom stereocenters. The number of aliphatic carboxylic acids is 1. The van der Waals surface area contributed by atoms with E-state index in [-0.39, 0.29) is 59.8 Å². The molecule has 2 aromatic carbocycles. The third-order valence-corrected chi connectivity index (χ3v) is 9.83. The largest absolute Gasteiger partial charge is 0.481 e. The average molecular weight is 715 g/mol. The van der Waals surface area contributed by atoms with Crippen molar-refractivity contribution in [2.75, 3.05) is 31.5 Å². The van der Waals surface area contributed by atoms with Gasteiger partial charge in [-0.1, -0.05) is 50.8 Å². The summed E-state index contributed by atoms with van der Waals surface area (Å²) in [5.74, 6) is -5.08. The fourth-order valence-corrected chi connectivity index (χ4v) is 6.99. The Morgan fingerprint density at radius 3 is 2.32 bits per heavy atom. The lowest BCUT2D eigenvalue weighted by Gasteiger charge is -2.24. The van der Waals surface area contributed by atoms with E-state index in [1.54, 1.807) is 18.2 Å². The summed E-state index contributed by atoms with van der Waals surface area (Å²) in [6, 6.07) is 11.0. The van der Waals surface area contributed by atoms with Crippen LogP contribution in [0.25, 0.3) is 0 Å². The highest BCUT2D eigenvalue weighted by Gasteiger charge is 2.39. The quantitative estimate of drug-likeness (QED) is 0.0625. The van der Waals surface area contributed by atoms with Crippen LogP contribution in [-0.2, 0) is 29.2 Å². The van der Waals surface area contributed by atoms with Crippen molar-refractivity contribution in [2.24, 2.45) is 22.4 Å². The highest BCUT2D eigenvalue weighted by atomic mass is 32.2. The maximum atomic E-state index is 13.1. The summed E-state index contributed by atoms with van der Waals surface area (Å²) in [6.07, 6.45) is 5.90. The molecule has 0 bridgehead atoms. The Bertz CT molecular complexity index is 1650. The molecule has 2 atom stereocenters. The van der Waals surface area contributed by atoms with Crippen molar-refractivity contribution >= 4 is 57.0 Å². The minimum atomic E-state index is -3.94. The predicted molar refractivity (Wildman–Crippen MR) is 187 cm³/mol. The number of nitrogens with one attached hydrogen (secondary N) is 4. The number of hydrogen-bond acceptors (Lipinski definition) is 8. The van der Waals surface area contributed by atoms with Gasteiger partial charge >= 0.3 is 5.97 Å². The number of amides is 4. The van der Waals surface area contributed by atoms with Gasteiger partial charge in [-0.05, 0) is 49.6 Å². The number of nitrogens with two attached hydrogens (primary N) is 2. The van der Waals surface area contributed by atoms with E-state index in [9.17, 15) is 37.5 Å². The van der Waals surface area contributed by atoms with Gasteiger partial charge in [-0.25, -0.2) is 13.4 Å². The van der Waals surface area contributed by atoms with Crippen LogP contribution in [0.3, 0.4) is 0 Å². The predicted octanol–water partition coefficient (Wildman–Crippen LogP) is 1.41. The highest BCUT2D eigenvalue weighted by Crippen LogP contribution is 2.26. The molecule has 16 nitrogen and oxygen atoms in total. The molecule has 1 fully saturated rings. The molecule has 3 rings (SSSR count). The zero-order chi connectivity index (χ0) is 36.7. The van der Waals surface area contributed by atoms with Gasteiger partial charge < -0.3 is 37.8 Å². The lowest BCUT2D eigenvalue weighted by Crippen LogP contribution is -2.49. The number of carboxylic acid groups (broad SMARTS) is 1. The highest BCUT2D eigenvalue weighted by molar-refractivity contribution is 7.89. The van der Waals surface area contributed by atoms with E-state index in [0.717, 1.165) is 36.4 Å². The Hall–Kier alpha value is -5.03. The SMILES string of the molecule is CCCCCCCC(=O)Nc1cc(N=C(N)N)cc(C(=O)NCC(=O)NC[C@@H](CNC(=O)[C@@H]2CCCN2S(=O)(=O)c2ccccc2)C(=O)O)c1. The number of rotatable bonds is 19. The van der Waals surface area contributed by atoms with Crippen molar-refractivity contribution in [1.82, 2.24) is 20.3 Å². The van der Waals surface area contributed by atoms with E-state index in [4.69, 9.17) is 11.5 Å². The summed E-state index contributed by atoms with van der Waals surface area (Å²) in [4.78, 5) is 66.8. The second kappa shape index (κ2) is 19.2. The number of nitrogens with zero attached hydrogens (tertiary/aromatic N) is 2. The molecular weight excluding hydrogens is 668 g/mol. The zero-order valence-electron chi connectivity index (χ0n) is 28.0. The van der Waals surface area contributed by atoms with Crippen molar-refractivity contribution in [3.05, 3.63) is 54.1 Å². The Labute approximate surface area is 291 Å². The first-order valence-electron chi connectivity index (χ1n) is 16.5. The van der Waals surface area contributed by atoms with Gasteiger partial charge in [0.15, 0.2) is 5.96 Å². The smallest absolute Gasteiger partial charge is 0.310 e. The molecule has 272 valence electrons. The fraction of sp³-hybridized carbons (Fsp3) is 0.455. The van der Waals surface area contributed by atoms with Crippen molar-refractivity contribution < 1.29 is 37.5 Å². The Kier molecular flexibility index (Phi) is 15.2. The lowest BCUT2D eigenvalue weighted by molar-refractivity contribution is -0.141. The molecule has 4 amide bonds. The van der Waals surface area contributed by atoms with Crippen LogP contribution in [0.4, 0.5) is 11.4 Å². The molecule has 0 aliphatic carbocycles. The van der Waals surface area contributed by atoms with Gasteiger partial charge in [-0.3, -0.25) is 24.0 Å². The molecule has 0 radical (unpaired) electrons. The minimum absolute atomic E-state index is 0.0510. The second-order valence-electron chi connectivity index (χ2n) is 11.9. The van der Waals surface area contributed by atoms with Crippen LogP contribution in [0.2, 0.25) is 0 Å². The standard InChI is InChI=1S/C33H46N8O8S/c1-2-3-4-5-9-14-28(42)39-24-16-22(17-25(18-24)40-33(34)35)30(44)38-21-29(43)36-19-23(32(46)47)20-37-31(45)27-13-10-15-41(27)50(48,49)26-11-7-6-8-12-26/h6-8,11-12,16-18,23,27H,2-5,9-10,13-15,19-21H2,1H3,(H,36,43)(H,37,45)(H,38,44)(H,39,42)(H,46,47)(H4,34,35,40)/t23-,27-/m0/s1. The minimum Gasteiger partial charge on any atom is -0.481 e. The fourth-order valence-electron chi connectivity index (χ4n) is 5.31. The van der Waals surface area contributed by atoms with Crippen molar-refractivity contribution in [3.63, 3.8) is 0 Å². The van der Waals surface area contributed by atoms with Gasteiger partial charge in [0.25, 0.3) is 5.91 Å². The maximum absolute atomic E-state index is 13.1. The Morgan fingerprint density at radius 1 is 0.940 bits per heavy atom. The number of hydrogen-bond donors (Lipinski definition) is 7. The van der Waals surface area contributed by atoms with Gasteiger partial charge in [0.1, 0.15) is 6.04 Å². The van der Waals surface area contributed by atoms with E-state index >= 15 is 0 Å². The van der Waals surface area contributed by atoms with Crippen LogP contribution in [0.5, 0.6) is 0 Å². The Balaban J connectivity index is 1.53. The number of unbranched alkanes of at least 4 members (excludes halogenated alkanes) is 4. The van der Waals surface area contributed by atoms with Crippen LogP contribution in [0.1, 0.15) is 68.6 Å². The summed E-state index contributed by atoms with van der Waals surface area (Å²) in [5, 5.41) is 19.8. The third-order valence-electron chi connectivity index (χ3n) is 7.91. The van der Waals surface area contributed by atoms with Crippen LogP contribution in [-0.4, -0.2) is 85.6 Å². The van der Waals surface area contributed by atoms with Crippen LogP contribution in [0, 0.1) is 5.92 Å². The molecule has 17 heteroatoms. The molecule has 1 heterocycles. The molecule has 0 aromatic heterocycles. The average Bonchev–Trinajstić information content (AvgIpc) is 3.58. The molecule has 1 aliphatic heterocycles. The summed E-state index contributed by atoms with van der Waals surface area (Å²) < 4.78 is 27.3. The Morgan fingerprint density at radius 2 is 1.64 bits per heavy atom. The number of carboxylic acids is 1. The zero-order valence-corrected chi connectivity index (χ0v) is 28.8. The van der Waals surface area contributed by atoms with E-state index in [1.165, 1.54) is 30.3 Å². The number of benzene rings is 2. The monoisotopic (exact) mass is 714 g/mol. The first-order chi connectivity index (χ1) is 23.8. The van der Waals surface area contributed by atoms with Crippen molar-refractivity contribution in [3.8, 4) is 0 Å². The van der Waals surface area contributed by atoms with E-state index < -0.39 is 52.2 Å². The first-order valence-corrected chi connectivity index (χ1v) is 17.9. The summed E-state index contributed by atoms with van der Waals surface area (Å²) in [6.45, 7) is 0.981. The van der Waals surface area contributed by atoms with Crippen LogP contribution < -0.4 is 32.7 Å². The number of sulfonamides is 1. The lowest BCUT2D eigenvalue weighted by atomic mass is 10.1. The van der Waals surface area contributed by atoms with Gasteiger partial charge in [-0.2, -0.15) is 4.31 Å². The molecule has 0 saturated carbocycles. The molecular formula is C33H46N8O8S. The molecule has 50 heavy (non-hydrogen) atoms. The maximum Gasteiger partial charge on any atom is 0.310 e. The number of aliphatic imine (C=N–C) groups is 1. The second-order valence-corrected chi connectivity index (χ2v) is 13.8. The first kappa shape index (κ1) is 39.4. The third kappa shape index (κ3) is 12.1. The number of anilines is 1. The van der Waals surface area contributed by atoms with E-state index in [2.05, 4.69) is 33.2 Å². The molecule has 1 saturated heterocycles. The normalized spacial score (nSPS) is 15.0. The van der Waals surface area contributed by atoms with Gasteiger partial charge in [0, 0.05) is 37.3 Å².